The van der Waals surface area contributed by atoms with E-state index in [9.17, 15) is 9.90 Å². The molecule has 0 saturated carbocycles. The minimum Gasteiger partial charge on any atom is -0.544 e. The standard InChI is InChI=1S/C5H11NO2.C3H9N/c1-6(2,3)4-5(7)8;1-3(2)4/h4H2,1-3H3;3H,4H2,1-2H3. The molecule has 0 saturated heterocycles. The van der Waals surface area contributed by atoms with Gasteiger partial charge in [-0.3, -0.25) is 0 Å². The van der Waals surface area contributed by atoms with E-state index in [1.165, 1.54) is 0 Å². The van der Waals surface area contributed by atoms with Crippen LogP contribution in [0, 0.1) is 0 Å². The minimum absolute atomic E-state index is 0.0694. The van der Waals surface area contributed by atoms with E-state index in [1.807, 2.05) is 13.8 Å². The van der Waals surface area contributed by atoms with Gasteiger partial charge in [0.25, 0.3) is 0 Å². The third-order valence-corrected chi connectivity index (χ3v) is 0.603. The molecule has 2 N–H and O–H groups in total. The summed E-state index contributed by atoms with van der Waals surface area (Å²) in [5, 5.41) is 9.89. The van der Waals surface area contributed by atoms with E-state index in [2.05, 4.69) is 0 Å². The Hall–Kier alpha value is -0.610. The maximum Gasteiger partial charge on any atom is 0.118 e. The van der Waals surface area contributed by atoms with Crippen LogP contribution in [0.1, 0.15) is 13.8 Å². The number of nitrogens with zero attached hydrogens (tertiary/aromatic N) is 1. The number of carboxylic acids is 1. The third kappa shape index (κ3) is 34.3. The lowest BCUT2D eigenvalue weighted by Gasteiger charge is -2.23. The SMILES string of the molecule is CC(C)N.C[N+](C)(C)CC(=O)[O-]. The van der Waals surface area contributed by atoms with Crippen molar-refractivity contribution in [3.8, 4) is 0 Å². The molecule has 0 rings (SSSR count). The van der Waals surface area contributed by atoms with Gasteiger partial charge in [0, 0.05) is 0 Å². The average molecular weight is 176 g/mol. The molecule has 0 aromatic carbocycles. The highest BCUT2D eigenvalue weighted by molar-refractivity contribution is 5.65. The Bertz CT molecular complexity index is 125. The summed E-state index contributed by atoms with van der Waals surface area (Å²) >= 11 is 0. The summed E-state index contributed by atoms with van der Waals surface area (Å²) in [5.41, 5.74) is 5.11. The molecular weight excluding hydrogens is 156 g/mol. The summed E-state index contributed by atoms with van der Waals surface area (Å²) in [6, 6.07) is 0.333. The van der Waals surface area contributed by atoms with Crippen LogP contribution in [0.5, 0.6) is 0 Å². The second-order valence-electron chi connectivity index (χ2n) is 4.06. The van der Waals surface area contributed by atoms with Crippen LogP contribution in [-0.2, 0) is 4.79 Å². The quantitative estimate of drug-likeness (QED) is 0.537. The Kier molecular flexibility index (Phi) is 6.94. The zero-order chi connectivity index (χ0) is 10.4. The minimum atomic E-state index is -1.00. The Balaban J connectivity index is 0. The molecule has 0 bridgehead atoms. The molecule has 0 aliphatic heterocycles. The number of likely N-dealkylation sites (N-methyl/N-ethyl adjacent to an activating group) is 1. The lowest BCUT2D eigenvalue weighted by Crippen LogP contribution is -2.45. The lowest BCUT2D eigenvalue weighted by atomic mass is 10.5. The first kappa shape index (κ1) is 13.9. The number of carbonyl (C=O) groups is 1. The summed E-state index contributed by atoms with van der Waals surface area (Å²) in [6.45, 7) is 3.96. The first-order chi connectivity index (χ1) is 5.15. The highest BCUT2D eigenvalue weighted by Crippen LogP contribution is 1.84. The number of carbonyl (C=O) groups excluding carboxylic acids is 1. The molecule has 0 aliphatic carbocycles. The Morgan fingerprint density at radius 3 is 1.67 bits per heavy atom. The molecule has 74 valence electrons. The number of rotatable bonds is 2. The molecule has 0 amide bonds. The van der Waals surface area contributed by atoms with Crippen LogP contribution in [-0.4, -0.2) is 44.2 Å². The van der Waals surface area contributed by atoms with E-state index < -0.39 is 5.97 Å². The first-order valence-corrected chi connectivity index (χ1v) is 3.91. The van der Waals surface area contributed by atoms with Gasteiger partial charge < -0.3 is 20.1 Å². The van der Waals surface area contributed by atoms with Crippen molar-refractivity contribution in [3.63, 3.8) is 0 Å². The maximum atomic E-state index is 9.89. The van der Waals surface area contributed by atoms with Crippen LogP contribution in [0.2, 0.25) is 0 Å². The van der Waals surface area contributed by atoms with E-state index in [-0.39, 0.29) is 6.54 Å². The fourth-order valence-electron chi connectivity index (χ4n) is 0.387. The largest absolute Gasteiger partial charge is 0.544 e. The number of quaternary nitrogens is 1. The van der Waals surface area contributed by atoms with Crippen LogP contribution < -0.4 is 10.8 Å². The number of hydrogen-bond acceptors (Lipinski definition) is 3. The van der Waals surface area contributed by atoms with Gasteiger partial charge >= 0.3 is 0 Å². The fraction of sp³-hybridized carbons (Fsp3) is 0.875. The highest BCUT2D eigenvalue weighted by Gasteiger charge is 2.04. The molecule has 0 unspecified atom stereocenters. The summed E-state index contributed by atoms with van der Waals surface area (Å²) in [6.07, 6.45) is 0. The van der Waals surface area contributed by atoms with Crippen LogP contribution in [0.3, 0.4) is 0 Å². The van der Waals surface area contributed by atoms with Crippen molar-refractivity contribution in [1.82, 2.24) is 0 Å². The predicted molar refractivity (Wildman–Crippen MR) is 47.2 cm³/mol. The van der Waals surface area contributed by atoms with E-state index >= 15 is 0 Å². The number of nitrogens with two attached hydrogens (primary N) is 1. The topological polar surface area (TPSA) is 66.2 Å². The third-order valence-electron chi connectivity index (χ3n) is 0.603. The first-order valence-electron chi connectivity index (χ1n) is 3.91. The molecule has 4 heteroatoms. The molecule has 0 spiro atoms. The molecule has 4 nitrogen and oxygen atoms in total. The zero-order valence-electron chi connectivity index (χ0n) is 8.63. The summed E-state index contributed by atoms with van der Waals surface area (Å²) in [5.74, 6) is -1.00. The molecule has 0 aromatic rings. The van der Waals surface area contributed by atoms with Crippen LogP contribution in [0.4, 0.5) is 0 Å². The molecular formula is C8H20N2O2. The van der Waals surface area contributed by atoms with Crippen molar-refractivity contribution in [3.05, 3.63) is 0 Å². The van der Waals surface area contributed by atoms with Gasteiger partial charge in [-0.25, -0.2) is 0 Å². The molecule has 0 fully saturated rings. The van der Waals surface area contributed by atoms with Crippen molar-refractivity contribution >= 4 is 5.97 Å². The number of aliphatic carboxylic acids is 1. The van der Waals surface area contributed by atoms with Gasteiger partial charge in [0.2, 0.25) is 0 Å². The van der Waals surface area contributed by atoms with Crippen molar-refractivity contribution in [1.29, 1.82) is 0 Å². The van der Waals surface area contributed by atoms with E-state index in [0.717, 1.165) is 0 Å². The second-order valence-corrected chi connectivity index (χ2v) is 4.06. The average Bonchev–Trinajstić information content (AvgIpc) is 1.52. The van der Waals surface area contributed by atoms with Crippen LogP contribution >= 0.6 is 0 Å². The Labute approximate surface area is 74.6 Å². The van der Waals surface area contributed by atoms with Gasteiger partial charge in [0.05, 0.1) is 27.1 Å². The molecule has 0 radical (unpaired) electrons. The van der Waals surface area contributed by atoms with Crippen LogP contribution in [0.15, 0.2) is 0 Å². The van der Waals surface area contributed by atoms with Gasteiger partial charge in [0.1, 0.15) is 6.54 Å². The van der Waals surface area contributed by atoms with Crippen LogP contribution in [0.25, 0.3) is 0 Å². The van der Waals surface area contributed by atoms with E-state index in [0.29, 0.717) is 10.5 Å². The van der Waals surface area contributed by atoms with Gasteiger partial charge in [-0.15, -0.1) is 0 Å². The normalized spacial score (nSPS) is 10.6. The summed E-state index contributed by atoms with van der Waals surface area (Å²) in [4.78, 5) is 9.89. The zero-order valence-corrected chi connectivity index (χ0v) is 8.63. The molecule has 0 aromatic heterocycles. The predicted octanol–water partition coefficient (Wildman–Crippen LogP) is -1.20. The lowest BCUT2D eigenvalue weighted by molar-refractivity contribution is -0.864. The van der Waals surface area contributed by atoms with Gasteiger partial charge in [0.15, 0.2) is 0 Å². The van der Waals surface area contributed by atoms with Crippen molar-refractivity contribution in [2.75, 3.05) is 27.7 Å². The monoisotopic (exact) mass is 176 g/mol. The summed E-state index contributed by atoms with van der Waals surface area (Å²) < 4.78 is 0.419. The molecule has 12 heavy (non-hydrogen) atoms. The van der Waals surface area contributed by atoms with E-state index in [4.69, 9.17) is 5.73 Å². The van der Waals surface area contributed by atoms with Gasteiger partial charge in [-0.1, -0.05) is 13.8 Å². The Morgan fingerprint density at radius 2 is 1.67 bits per heavy atom. The highest BCUT2D eigenvalue weighted by atomic mass is 16.4. The maximum absolute atomic E-state index is 9.89. The summed E-state index contributed by atoms with van der Waals surface area (Å²) in [7, 11) is 5.40. The smallest absolute Gasteiger partial charge is 0.118 e. The number of hydrogen-bond donors (Lipinski definition) is 1. The number of carboxylic acid groups (broad SMARTS) is 1. The van der Waals surface area contributed by atoms with Gasteiger partial charge in [-0.05, 0) is 6.04 Å². The second kappa shape index (κ2) is 5.97. The van der Waals surface area contributed by atoms with Gasteiger partial charge in [-0.2, -0.15) is 0 Å². The molecule has 0 heterocycles. The van der Waals surface area contributed by atoms with Crippen molar-refractivity contribution in [2.45, 2.75) is 19.9 Å². The Morgan fingerprint density at radius 1 is 1.42 bits per heavy atom. The van der Waals surface area contributed by atoms with Crippen molar-refractivity contribution in [2.24, 2.45) is 5.73 Å². The molecule has 0 atom stereocenters. The van der Waals surface area contributed by atoms with Crippen molar-refractivity contribution < 1.29 is 14.4 Å². The molecule has 0 aliphatic rings. The van der Waals surface area contributed by atoms with E-state index in [1.54, 1.807) is 21.1 Å². The fourth-order valence-corrected chi connectivity index (χ4v) is 0.387.